The van der Waals surface area contributed by atoms with Gasteiger partial charge in [0.25, 0.3) is 0 Å². The van der Waals surface area contributed by atoms with E-state index in [-0.39, 0.29) is 17.7 Å². The Morgan fingerprint density at radius 1 is 1.27 bits per heavy atom. The van der Waals surface area contributed by atoms with Crippen LogP contribution in [0.4, 0.5) is 0 Å². The number of carbonyl (C=O) groups excluding carboxylic acids is 2. The largest absolute Gasteiger partial charge is 0.355 e. The van der Waals surface area contributed by atoms with Gasteiger partial charge in [0, 0.05) is 37.9 Å². The number of pyridine rings is 1. The van der Waals surface area contributed by atoms with Crippen molar-refractivity contribution >= 4 is 11.8 Å². The fourth-order valence-corrected chi connectivity index (χ4v) is 3.50. The van der Waals surface area contributed by atoms with Gasteiger partial charge < -0.3 is 10.2 Å². The number of hydrogen-bond acceptors (Lipinski definition) is 3. The van der Waals surface area contributed by atoms with Gasteiger partial charge in [0.2, 0.25) is 11.8 Å². The number of nitrogens with one attached hydrogen (secondary N) is 1. The molecule has 1 aromatic rings. The van der Waals surface area contributed by atoms with Crippen molar-refractivity contribution in [2.45, 2.75) is 44.6 Å². The number of hydrogen-bond donors (Lipinski definition) is 1. The smallest absolute Gasteiger partial charge is 0.225 e. The molecule has 0 unspecified atom stereocenters. The summed E-state index contributed by atoms with van der Waals surface area (Å²) >= 11 is 0. The molecule has 5 heteroatoms. The average molecular weight is 301 g/mol. The van der Waals surface area contributed by atoms with Crippen LogP contribution in [0.5, 0.6) is 0 Å². The predicted octanol–water partition coefficient (Wildman–Crippen LogP) is 1.53. The summed E-state index contributed by atoms with van der Waals surface area (Å²) in [7, 11) is 0. The highest BCUT2D eigenvalue weighted by molar-refractivity contribution is 5.89. The van der Waals surface area contributed by atoms with E-state index in [2.05, 4.69) is 10.3 Å². The van der Waals surface area contributed by atoms with Crippen LogP contribution in [0.15, 0.2) is 24.5 Å². The average Bonchev–Trinajstić information content (AvgIpc) is 3.17. The molecule has 1 aliphatic carbocycles. The Hall–Kier alpha value is -1.91. The van der Waals surface area contributed by atoms with Gasteiger partial charge in [-0.2, -0.15) is 0 Å². The minimum Gasteiger partial charge on any atom is -0.355 e. The zero-order valence-electron chi connectivity index (χ0n) is 12.8. The van der Waals surface area contributed by atoms with Crippen molar-refractivity contribution in [1.29, 1.82) is 0 Å². The highest BCUT2D eigenvalue weighted by Crippen LogP contribution is 2.29. The Balaban J connectivity index is 1.45. The Morgan fingerprint density at radius 3 is 2.73 bits per heavy atom. The van der Waals surface area contributed by atoms with Gasteiger partial charge >= 0.3 is 0 Å². The second-order valence-corrected chi connectivity index (χ2v) is 6.28. The van der Waals surface area contributed by atoms with Gasteiger partial charge in [0.1, 0.15) is 0 Å². The zero-order valence-corrected chi connectivity index (χ0v) is 12.8. The molecule has 2 amide bonds. The molecule has 0 bridgehead atoms. The first-order chi connectivity index (χ1) is 10.7. The molecule has 1 saturated carbocycles. The van der Waals surface area contributed by atoms with Crippen LogP contribution in [0, 0.1) is 5.92 Å². The molecule has 5 nitrogen and oxygen atoms in total. The normalized spacial score (nSPS) is 22.3. The van der Waals surface area contributed by atoms with Crippen molar-refractivity contribution in [3.05, 3.63) is 30.1 Å². The van der Waals surface area contributed by atoms with Crippen molar-refractivity contribution in [1.82, 2.24) is 15.2 Å². The van der Waals surface area contributed by atoms with E-state index < -0.39 is 0 Å². The maximum atomic E-state index is 12.2. The van der Waals surface area contributed by atoms with Gasteiger partial charge in [-0.05, 0) is 37.0 Å². The SMILES string of the molecule is O=C(NCCc1ccncc1)[C@@H]1CC(=O)N(C2CCCC2)C1. The molecule has 22 heavy (non-hydrogen) atoms. The summed E-state index contributed by atoms with van der Waals surface area (Å²) in [5.41, 5.74) is 1.16. The summed E-state index contributed by atoms with van der Waals surface area (Å²) in [6.45, 7) is 1.21. The summed E-state index contributed by atoms with van der Waals surface area (Å²) in [4.78, 5) is 30.3. The molecule has 1 aliphatic heterocycles. The lowest BCUT2D eigenvalue weighted by Crippen LogP contribution is -2.37. The van der Waals surface area contributed by atoms with Crippen LogP contribution < -0.4 is 5.32 Å². The van der Waals surface area contributed by atoms with E-state index in [0.29, 0.717) is 25.6 Å². The Labute approximate surface area is 131 Å². The van der Waals surface area contributed by atoms with Crippen LogP contribution >= 0.6 is 0 Å². The predicted molar refractivity (Wildman–Crippen MR) is 83.0 cm³/mol. The van der Waals surface area contributed by atoms with Gasteiger partial charge in [0.05, 0.1) is 5.92 Å². The first-order valence-electron chi connectivity index (χ1n) is 8.20. The fraction of sp³-hybridized carbons (Fsp3) is 0.588. The number of carbonyl (C=O) groups is 2. The monoisotopic (exact) mass is 301 g/mol. The Morgan fingerprint density at radius 2 is 2.00 bits per heavy atom. The Bertz CT molecular complexity index is 526. The minimum atomic E-state index is -0.175. The first kappa shape index (κ1) is 15.0. The molecule has 0 aromatic carbocycles. The highest BCUT2D eigenvalue weighted by Gasteiger charge is 2.38. The standard InChI is InChI=1S/C17H23N3O2/c21-16-11-14(12-20(16)15-3-1-2-4-15)17(22)19-10-7-13-5-8-18-9-6-13/h5-6,8-9,14-15H,1-4,7,10-12H2,(H,19,22)/t14-/m1/s1. The number of aromatic nitrogens is 1. The van der Waals surface area contributed by atoms with Gasteiger partial charge in [-0.3, -0.25) is 14.6 Å². The molecule has 2 aliphatic rings. The molecule has 0 radical (unpaired) electrons. The van der Waals surface area contributed by atoms with Crippen molar-refractivity contribution in [3.8, 4) is 0 Å². The topological polar surface area (TPSA) is 62.3 Å². The molecule has 2 fully saturated rings. The van der Waals surface area contributed by atoms with E-state index in [1.165, 1.54) is 12.8 Å². The quantitative estimate of drug-likeness (QED) is 0.897. The van der Waals surface area contributed by atoms with Crippen LogP contribution in [0.3, 0.4) is 0 Å². The molecule has 1 saturated heterocycles. The molecule has 2 heterocycles. The lowest BCUT2D eigenvalue weighted by atomic mass is 10.1. The van der Waals surface area contributed by atoms with Gasteiger partial charge in [-0.15, -0.1) is 0 Å². The molecule has 1 atom stereocenters. The van der Waals surface area contributed by atoms with E-state index in [1.54, 1.807) is 12.4 Å². The third-order valence-electron chi connectivity index (χ3n) is 4.76. The van der Waals surface area contributed by atoms with Crippen molar-refractivity contribution in [2.24, 2.45) is 5.92 Å². The molecular weight excluding hydrogens is 278 g/mol. The Kier molecular flexibility index (Phi) is 4.71. The summed E-state index contributed by atoms with van der Waals surface area (Å²) in [5.74, 6) is -0.00498. The van der Waals surface area contributed by atoms with Gasteiger partial charge in [0.15, 0.2) is 0 Å². The van der Waals surface area contributed by atoms with Crippen molar-refractivity contribution in [2.75, 3.05) is 13.1 Å². The van der Waals surface area contributed by atoms with E-state index in [0.717, 1.165) is 24.8 Å². The van der Waals surface area contributed by atoms with E-state index in [4.69, 9.17) is 0 Å². The summed E-state index contributed by atoms with van der Waals surface area (Å²) in [5, 5.41) is 2.97. The summed E-state index contributed by atoms with van der Waals surface area (Å²) in [6.07, 6.45) is 9.29. The molecule has 1 N–H and O–H groups in total. The third kappa shape index (κ3) is 3.46. The lowest BCUT2D eigenvalue weighted by Gasteiger charge is -2.23. The summed E-state index contributed by atoms with van der Waals surface area (Å²) in [6, 6.07) is 4.28. The second-order valence-electron chi connectivity index (χ2n) is 6.28. The van der Waals surface area contributed by atoms with Crippen LogP contribution in [0.25, 0.3) is 0 Å². The number of nitrogens with zero attached hydrogens (tertiary/aromatic N) is 2. The maximum Gasteiger partial charge on any atom is 0.225 e. The van der Waals surface area contributed by atoms with Crippen molar-refractivity contribution in [3.63, 3.8) is 0 Å². The number of amides is 2. The lowest BCUT2D eigenvalue weighted by molar-refractivity contribution is -0.130. The van der Waals surface area contributed by atoms with Crippen LogP contribution in [-0.4, -0.2) is 40.8 Å². The van der Waals surface area contributed by atoms with Crippen LogP contribution in [0.2, 0.25) is 0 Å². The maximum absolute atomic E-state index is 12.2. The van der Waals surface area contributed by atoms with Crippen molar-refractivity contribution < 1.29 is 9.59 Å². The number of likely N-dealkylation sites (tertiary alicyclic amines) is 1. The molecular formula is C17H23N3O2. The van der Waals surface area contributed by atoms with Crippen LogP contribution in [0.1, 0.15) is 37.7 Å². The molecule has 118 valence electrons. The zero-order chi connectivity index (χ0) is 15.4. The van der Waals surface area contributed by atoms with Crippen LogP contribution in [-0.2, 0) is 16.0 Å². The highest BCUT2D eigenvalue weighted by atomic mass is 16.2. The fourth-order valence-electron chi connectivity index (χ4n) is 3.50. The van der Waals surface area contributed by atoms with E-state index >= 15 is 0 Å². The van der Waals surface area contributed by atoms with Gasteiger partial charge in [-0.1, -0.05) is 12.8 Å². The third-order valence-corrected chi connectivity index (χ3v) is 4.76. The molecule has 0 spiro atoms. The van der Waals surface area contributed by atoms with Gasteiger partial charge in [-0.25, -0.2) is 0 Å². The summed E-state index contributed by atoms with van der Waals surface area (Å²) < 4.78 is 0. The second kappa shape index (κ2) is 6.90. The number of rotatable bonds is 5. The van der Waals surface area contributed by atoms with E-state index in [9.17, 15) is 9.59 Å². The van der Waals surface area contributed by atoms with E-state index in [1.807, 2.05) is 17.0 Å². The minimum absolute atomic E-state index is 0.0166. The molecule has 3 rings (SSSR count). The molecule has 1 aromatic heterocycles. The first-order valence-corrected chi connectivity index (χ1v) is 8.20.